The standard InChI is InChI=1S/C29H35N9O/c1-19(2)18-38(22-9-5-4-6-10-22)28-31-25(23-11-7-8-12-24(23)27-34-36-37-35-27)17-26(32-28)33-29(39)30-21-15-13-20(3)14-16-21/h7-8,11-17,19,22H,4-6,9-10,18H2,1-3H3,(H,34,35,36,37)(H2,30,31,32,33,39). The molecule has 3 N–H and O–H groups in total. The molecule has 1 aliphatic carbocycles. The predicted octanol–water partition coefficient (Wildman–Crippen LogP) is 6.07. The molecule has 39 heavy (non-hydrogen) atoms. The van der Waals surface area contributed by atoms with Gasteiger partial charge >= 0.3 is 6.03 Å². The van der Waals surface area contributed by atoms with Crippen LogP contribution in [-0.4, -0.2) is 49.2 Å². The van der Waals surface area contributed by atoms with Crippen LogP contribution >= 0.6 is 0 Å². The Morgan fingerprint density at radius 2 is 1.74 bits per heavy atom. The number of hydrogen-bond acceptors (Lipinski definition) is 7. The molecule has 202 valence electrons. The number of nitrogens with one attached hydrogen (secondary N) is 3. The molecule has 0 unspecified atom stereocenters. The van der Waals surface area contributed by atoms with E-state index in [4.69, 9.17) is 9.97 Å². The molecular weight excluding hydrogens is 490 g/mol. The number of H-pyrrole nitrogens is 1. The zero-order chi connectivity index (χ0) is 27.2. The first-order valence-corrected chi connectivity index (χ1v) is 13.6. The molecule has 2 heterocycles. The van der Waals surface area contributed by atoms with Gasteiger partial charge in [0.15, 0.2) is 5.82 Å². The van der Waals surface area contributed by atoms with Crippen molar-refractivity contribution in [1.29, 1.82) is 0 Å². The normalized spacial score (nSPS) is 13.8. The largest absolute Gasteiger partial charge is 0.338 e. The lowest BCUT2D eigenvalue weighted by Crippen LogP contribution is -2.40. The predicted molar refractivity (Wildman–Crippen MR) is 154 cm³/mol. The van der Waals surface area contributed by atoms with Gasteiger partial charge in [-0.15, -0.1) is 5.10 Å². The molecule has 4 aromatic rings. The number of aromatic nitrogens is 6. The maximum atomic E-state index is 13.0. The van der Waals surface area contributed by atoms with E-state index in [-0.39, 0.29) is 6.03 Å². The van der Waals surface area contributed by atoms with Crippen LogP contribution in [0.3, 0.4) is 0 Å². The number of carbonyl (C=O) groups is 1. The van der Waals surface area contributed by atoms with E-state index in [0.717, 1.165) is 36.1 Å². The van der Waals surface area contributed by atoms with Crippen molar-refractivity contribution in [3.8, 4) is 22.6 Å². The van der Waals surface area contributed by atoms with Gasteiger partial charge in [0.05, 0.1) is 5.69 Å². The highest BCUT2D eigenvalue weighted by Crippen LogP contribution is 2.33. The maximum absolute atomic E-state index is 13.0. The number of nitrogens with zero attached hydrogens (tertiary/aromatic N) is 6. The smallest absolute Gasteiger partial charge is 0.324 e. The second-order valence-corrected chi connectivity index (χ2v) is 10.5. The average molecular weight is 526 g/mol. The van der Waals surface area contributed by atoms with E-state index in [1.54, 1.807) is 6.07 Å². The van der Waals surface area contributed by atoms with Crippen LogP contribution in [0, 0.1) is 12.8 Å². The van der Waals surface area contributed by atoms with Crippen molar-refractivity contribution in [3.63, 3.8) is 0 Å². The number of hydrogen-bond donors (Lipinski definition) is 3. The van der Waals surface area contributed by atoms with E-state index in [1.807, 2.05) is 55.5 Å². The van der Waals surface area contributed by atoms with Crippen LogP contribution in [0.25, 0.3) is 22.6 Å². The molecule has 0 spiro atoms. The monoisotopic (exact) mass is 525 g/mol. The van der Waals surface area contributed by atoms with E-state index in [1.165, 1.54) is 19.3 Å². The summed E-state index contributed by atoms with van der Waals surface area (Å²) in [5, 5.41) is 20.3. The van der Waals surface area contributed by atoms with E-state index in [9.17, 15) is 4.79 Å². The van der Waals surface area contributed by atoms with Crippen molar-refractivity contribution in [3.05, 3.63) is 60.2 Å². The molecule has 10 nitrogen and oxygen atoms in total. The summed E-state index contributed by atoms with van der Waals surface area (Å²) in [6, 6.07) is 17.3. The molecule has 1 aliphatic rings. The number of aromatic amines is 1. The van der Waals surface area contributed by atoms with Crippen LogP contribution in [0.5, 0.6) is 0 Å². The first kappa shape index (κ1) is 26.3. The maximum Gasteiger partial charge on any atom is 0.324 e. The minimum atomic E-state index is -0.366. The fourth-order valence-corrected chi connectivity index (χ4v) is 5.05. The van der Waals surface area contributed by atoms with Crippen molar-refractivity contribution >= 4 is 23.5 Å². The molecule has 2 aromatic heterocycles. The lowest BCUT2D eigenvalue weighted by atomic mass is 9.94. The third-order valence-electron chi connectivity index (χ3n) is 6.90. The Morgan fingerprint density at radius 3 is 2.44 bits per heavy atom. The van der Waals surface area contributed by atoms with Gasteiger partial charge in [0.25, 0.3) is 0 Å². The zero-order valence-corrected chi connectivity index (χ0v) is 22.7. The number of carbonyl (C=O) groups excluding carboxylic acids is 1. The molecule has 0 radical (unpaired) electrons. The van der Waals surface area contributed by atoms with Crippen molar-refractivity contribution in [2.24, 2.45) is 5.92 Å². The molecule has 1 saturated carbocycles. The number of tetrazole rings is 1. The highest BCUT2D eigenvalue weighted by atomic mass is 16.2. The molecule has 0 aliphatic heterocycles. The first-order chi connectivity index (χ1) is 19.0. The van der Waals surface area contributed by atoms with Gasteiger partial charge in [-0.25, -0.2) is 14.9 Å². The van der Waals surface area contributed by atoms with Gasteiger partial charge in [-0.1, -0.05) is 75.1 Å². The van der Waals surface area contributed by atoms with E-state index in [2.05, 4.69) is 50.0 Å². The highest BCUT2D eigenvalue weighted by Gasteiger charge is 2.26. The molecule has 0 saturated heterocycles. The molecule has 10 heteroatoms. The van der Waals surface area contributed by atoms with Gasteiger partial charge in [0, 0.05) is 35.5 Å². The van der Waals surface area contributed by atoms with Crippen LogP contribution in [0.1, 0.15) is 51.5 Å². The quantitative estimate of drug-likeness (QED) is 0.255. The Morgan fingerprint density at radius 1 is 1.00 bits per heavy atom. The van der Waals surface area contributed by atoms with Gasteiger partial charge in [0.2, 0.25) is 5.95 Å². The Kier molecular flexibility index (Phi) is 8.10. The average Bonchev–Trinajstić information content (AvgIpc) is 3.48. The van der Waals surface area contributed by atoms with Crippen LogP contribution in [0.2, 0.25) is 0 Å². The van der Waals surface area contributed by atoms with Crippen molar-refractivity contribution in [1.82, 2.24) is 30.6 Å². The summed E-state index contributed by atoms with van der Waals surface area (Å²) in [4.78, 5) is 25.3. The summed E-state index contributed by atoms with van der Waals surface area (Å²) in [5.74, 6) is 2.01. The molecule has 1 fully saturated rings. The minimum Gasteiger partial charge on any atom is -0.338 e. The van der Waals surface area contributed by atoms with Crippen molar-refractivity contribution < 1.29 is 4.79 Å². The second kappa shape index (κ2) is 12.0. The number of urea groups is 1. The first-order valence-electron chi connectivity index (χ1n) is 13.6. The third kappa shape index (κ3) is 6.57. The summed E-state index contributed by atoms with van der Waals surface area (Å²) in [6.45, 7) is 7.26. The second-order valence-electron chi connectivity index (χ2n) is 10.5. The number of anilines is 3. The molecule has 0 atom stereocenters. The molecular formula is C29H35N9O. The summed E-state index contributed by atoms with van der Waals surface area (Å²) in [7, 11) is 0. The van der Waals surface area contributed by atoms with Crippen LogP contribution in [0.4, 0.5) is 22.2 Å². The summed E-state index contributed by atoms with van der Waals surface area (Å²) >= 11 is 0. The lowest BCUT2D eigenvalue weighted by molar-refractivity contribution is 0.262. The number of benzene rings is 2. The number of amides is 2. The van der Waals surface area contributed by atoms with Gasteiger partial charge in [-0.3, -0.25) is 5.32 Å². The number of rotatable bonds is 8. The Labute approximate surface area is 228 Å². The Balaban J connectivity index is 1.54. The zero-order valence-electron chi connectivity index (χ0n) is 22.7. The Hall–Kier alpha value is -4.34. The van der Waals surface area contributed by atoms with Crippen molar-refractivity contribution in [2.75, 3.05) is 22.1 Å². The molecule has 2 aromatic carbocycles. The molecule has 5 rings (SSSR count). The third-order valence-corrected chi connectivity index (χ3v) is 6.90. The summed E-state index contributed by atoms with van der Waals surface area (Å²) < 4.78 is 0. The highest BCUT2D eigenvalue weighted by molar-refractivity contribution is 5.99. The topological polar surface area (TPSA) is 125 Å². The lowest BCUT2D eigenvalue weighted by Gasteiger charge is -2.36. The van der Waals surface area contributed by atoms with Gasteiger partial charge < -0.3 is 10.2 Å². The SMILES string of the molecule is Cc1ccc(NC(=O)Nc2cc(-c3ccccc3-c3nnn[nH]3)nc(N(CC(C)C)C3CCCCC3)n2)cc1. The molecule has 2 amide bonds. The summed E-state index contributed by atoms with van der Waals surface area (Å²) in [5.41, 5.74) is 4.17. The van der Waals surface area contributed by atoms with Gasteiger partial charge in [-0.05, 0) is 48.2 Å². The van der Waals surface area contributed by atoms with Gasteiger partial charge in [0.1, 0.15) is 5.82 Å². The van der Waals surface area contributed by atoms with Crippen molar-refractivity contribution in [2.45, 2.75) is 58.9 Å². The number of aryl methyl sites for hydroxylation is 1. The van der Waals surface area contributed by atoms with Crippen LogP contribution < -0.4 is 15.5 Å². The van der Waals surface area contributed by atoms with Gasteiger partial charge in [-0.2, -0.15) is 4.98 Å². The molecule has 0 bridgehead atoms. The fourth-order valence-electron chi connectivity index (χ4n) is 5.05. The Bertz CT molecular complexity index is 1380. The summed E-state index contributed by atoms with van der Waals surface area (Å²) in [6.07, 6.45) is 5.88. The van der Waals surface area contributed by atoms with Crippen LogP contribution in [0.15, 0.2) is 54.6 Å². The van der Waals surface area contributed by atoms with E-state index in [0.29, 0.717) is 40.9 Å². The fraction of sp³-hybridized carbons (Fsp3) is 0.379. The van der Waals surface area contributed by atoms with Crippen LogP contribution in [-0.2, 0) is 0 Å². The van der Waals surface area contributed by atoms with E-state index < -0.39 is 0 Å². The minimum absolute atomic E-state index is 0.361. The van der Waals surface area contributed by atoms with E-state index >= 15 is 0 Å².